The molecule has 1 aliphatic carbocycles. The molecule has 1 aromatic carbocycles. The van der Waals surface area contributed by atoms with Crippen molar-refractivity contribution in [1.29, 1.82) is 5.26 Å². The second kappa shape index (κ2) is 6.83. The second-order valence-electron chi connectivity index (χ2n) is 4.78. The van der Waals surface area contributed by atoms with Crippen molar-refractivity contribution in [3.05, 3.63) is 23.8 Å². The molecule has 0 aromatic heterocycles. The van der Waals surface area contributed by atoms with Gasteiger partial charge in [0.2, 0.25) is 0 Å². The van der Waals surface area contributed by atoms with E-state index in [0.717, 1.165) is 29.9 Å². The lowest BCUT2D eigenvalue weighted by atomic mass is 9.93. The summed E-state index contributed by atoms with van der Waals surface area (Å²) in [6.07, 6.45) is 4.37. The molecule has 1 saturated carbocycles. The van der Waals surface area contributed by atoms with Crippen molar-refractivity contribution in [2.24, 2.45) is 5.73 Å². The Labute approximate surface area is 119 Å². The van der Waals surface area contributed by atoms with Gasteiger partial charge in [0.05, 0.1) is 0 Å². The molecule has 4 heteroatoms. The van der Waals surface area contributed by atoms with E-state index < -0.39 is 0 Å². The Hall–Kier alpha value is -1.18. The number of hydrogen-bond acceptors (Lipinski definition) is 4. The molecule has 0 radical (unpaired) electrons. The molecule has 0 bridgehead atoms. The third kappa shape index (κ3) is 3.43. The number of thioether (sulfide) groups is 1. The number of rotatable bonds is 4. The van der Waals surface area contributed by atoms with Gasteiger partial charge in [0, 0.05) is 10.9 Å². The van der Waals surface area contributed by atoms with Crippen LogP contribution in [0, 0.1) is 11.3 Å². The van der Waals surface area contributed by atoms with Gasteiger partial charge >= 0.3 is 0 Å². The van der Waals surface area contributed by atoms with Gasteiger partial charge in [-0.15, -0.1) is 11.8 Å². The molecule has 2 rings (SSSR count). The van der Waals surface area contributed by atoms with Gasteiger partial charge in [-0.3, -0.25) is 0 Å². The van der Waals surface area contributed by atoms with E-state index in [4.69, 9.17) is 10.5 Å². The first-order chi connectivity index (χ1) is 9.26. The minimum absolute atomic E-state index is 0.0442. The van der Waals surface area contributed by atoms with Crippen LogP contribution in [0.5, 0.6) is 5.75 Å². The van der Waals surface area contributed by atoms with E-state index in [2.05, 4.69) is 13.0 Å². The predicted octanol–water partition coefficient (Wildman–Crippen LogP) is 3.32. The number of benzene rings is 1. The smallest absolute Gasteiger partial charge is 0.138 e. The van der Waals surface area contributed by atoms with Crippen molar-refractivity contribution in [1.82, 2.24) is 0 Å². The Morgan fingerprint density at radius 3 is 2.89 bits per heavy atom. The number of hydrogen-bond donors (Lipinski definition) is 1. The van der Waals surface area contributed by atoms with Crippen LogP contribution in [0.1, 0.15) is 38.2 Å². The van der Waals surface area contributed by atoms with Crippen molar-refractivity contribution >= 4 is 11.8 Å². The third-order valence-corrected chi connectivity index (χ3v) is 4.37. The fourth-order valence-electron chi connectivity index (χ4n) is 2.43. The first-order valence-corrected chi connectivity index (χ1v) is 7.83. The number of ether oxygens (including phenoxy) is 1. The number of nitrogens with two attached hydrogens (primary N) is 1. The van der Waals surface area contributed by atoms with Crippen molar-refractivity contribution in [2.45, 2.75) is 49.6 Å². The SMILES string of the molecule is CCSc1cccc(OC2CCCCC2N)c1C#N. The van der Waals surface area contributed by atoms with Gasteiger partial charge in [0.15, 0.2) is 0 Å². The van der Waals surface area contributed by atoms with Crippen LogP contribution in [0.25, 0.3) is 0 Å². The number of nitrogens with zero attached hydrogens (tertiary/aromatic N) is 1. The van der Waals surface area contributed by atoms with Crippen LogP contribution in [-0.4, -0.2) is 17.9 Å². The molecule has 3 nitrogen and oxygen atoms in total. The largest absolute Gasteiger partial charge is 0.487 e. The minimum atomic E-state index is 0.0442. The highest BCUT2D eigenvalue weighted by atomic mass is 32.2. The molecule has 1 fully saturated rings. The van der Waals surface area contributed by atoms with Gasteiger partial charge < -0.3 is 10.5 Å². The Bertz CT molecular complexity index is 470. The Balaban J connectivity index is 2.19. The van der Waals surface area contributed by atoms with E-state index in [1.165, 1.54) is 6.42 Å². The average Bonchev–Trinajstić information content (AvgIpc) is 2.42. The van der Waals surface area contributed by atoms with E-state index in [1.54, 1.807) is 11.8 Å². The highest BCUT2D eigenvalue weighted by Gasteiger charge is 2.24. The van der Waals surface area contributed by atoms with Crippen LogP contribution in [0.3, 0.4) is 0 Å². The maximum absolute atomic E-state index is 9.35. The topological polar surface area (TPSA) is 59.0 Å². The van der Waals surface area contributed by atoms with E-state index >= 15 is 0 Å². The highest BCUT2D eigenvalue weighted by Crippen LogP contribution is 2.31. The summed E-state index contributed by atoms with van der Waals surface area (Å²) in [6, 6.07) is 8.15. The molecule has 1 aliphatic rings. The van der Waals surface area contributed by atoms with Crippen molar-refractivity contribution in [3.8, 4) is 11.8 Å². The molecule has 2 atom stereocenters. The van der Waals surface area contributed by atoms with Crippen LogP contribution in [0.2, 0.25) is 0 Å². The summed E-state index contributed by atoms with van der Waals surface area (Å²) in [5.41, 5.74) is 6.75. The lowest BCUT2D eigenvalue weighted by Gasteiger charge is -2.29. The molecular formula is C15H20N2OS. The molecule has 0 heterocycles. The van der Waals surface area contributed by atoms with Crippen molar-refractivity contribution < 1.29 is 4.74 Å². The summed E-state index contributed by atoms with van der Waals surface area (Å²) in [5, 5.41) is 9.35. The summed E-state index contributed by atoms with van der Waals surface area (Å²) >= 11 is 1.67. The summed E-state index contributed by atoms with van der Waals surface area (Å²) in [6.45, 7) is 2.08. The molecule has 2 unspecified atom stereocenters. The second-order valence-corrected chi connectivity index (χ2v) is 6.08. The van der Waals surface area contributed by atoms with Gasteiger partial charge in [-0.1, -0.05) is 19.4 Å². The van der Waals surface area contributed by atoms with Crippen LogP contribution in [0.15, 0.2) is 23.1 Å². The normalized spacial score (nSPS) is 22.8. The van der Waals surface area contributed by atoms with Crippen molar-refractivity contribution in [2.75, 3.05) is 5.75 Å². The lowest BCUT2D eigenvalue weighted by Crippen LogP contribution is -2.41. The summed E-state index contributed by atoms with van der Waals surface area (Å²) < 4.78 is 6.02. The highest BCUT2D eigenvalue weighted by molar-refractivity contribution is 7.99. The lowest BCUT2D eigenvalue weighted by molar-refractivity contribution is 0.131. The van der Waals surface area contributed by atoms with Gasteiger partial charge in [-0.05, 0) is 37.1 Å². The zero-order valence-corrected chi connectivity index (χ0v) is 12.1. The number of nitriles is 1. The Morgan fingerprint density at radius 1 is 1.42 bits per heavy atom. The molecule has 0 spiro atoms. The fraction of sp³-hybridized carbons (Fsp3) is 0.533. The van der Waals surface area contributed by atoms with E-state index in [9.17, 15) is 5.26 Å². The molecule has 19 heavy (non-hydrogen) atoms. The van der Waals surface area contributed by atoms with Gasteiger partial charge in [-0.2, -0.15) is 5.26 Å². The van der Waals surface area contributed by atoms with Crippen LogP contribution < -0.4 is 10.5 Å². The van der Waals surface area contributed by atoms with Gasteiger partial charge in [0.25, 0.3) is 0 Å². The first-order valence-electron chi connectivity index (χ1n) is 6.84. The maximum Gasteiger partial charge on any atom is 0.138 e. The monoisotopic (exact) mass is 276 g/mol. The standard InChI is InChI=1S/C15H20N2OS/c1-2-19-15-9-5-8-13(11(15)10-16)18-14-7-4-3-6-12(14)17/h5,8-9,12,14H,2-4,6-7,17H2,1H3. The van der Waals surface area contributed by atoms with Gasteiger partial charge in [-0.25, -0.2) is 0 Å². The quantitative estimate of drug-likeness (QED) is 0.857. The Morgan fingerprint density at radius 2 is 2.21 bits per heavy atom. The molecule has 0 aliphatic heterocycles. The molecule has 1 aromatic rings. The average molecular weight is 276 g/mol. The van der Waals surface area contributed by atoms with Crippen LogP contribution >= 0.6 is 11.8 Å². The zero-order valence-electron chi connectivity index (χ0n) is 11.3. The molecule has 2 N–H and O–H groups in total. The summed E-state index contributed by atoms with van der Waals surface area (Å²) in [7, 11) is 0. The van der Waals surface area contributed by atoms with Gasteiger partial charge in [0.1, 0.15) is 23.5 Å². The Kier molecular flexibility index (Phi) is 5.12. The van der Waals surface area contributed by atoms with Crippen LogP contribution in [0.4, 0.5) is 0 Å². The van der Waals surface area contributed by atoms with Crippen LogP contribution in [-0.2, 0) is 0 Å². The summed E-state index contributed by atoms with van der Waals surface area (Å²) in [4.78, 5) is 0.992. The molecule has 102 valence electrons. The van der Waals surface area contributed by atoms with Crippen molar-refractivity contribution in [3.63, 3.8) is 0 Å². The maximum atomic E-state index is 9.35. The fourth-order valence-corrected chi connectivity index (χ4v) is 3.21. The van der Waals surface area contributed by atoms with E-state index in [-0.39, 0.29) is 12.1 Å². The predicted molar refractivity (Wildman–Crippen MR) is 78.4 cm³/mol. The molecule has 0 saturated heterocycles. The first kappa shape index (κ1) is 14.2. The summed E-state index contributed by atoms with van der Waals surface area (Å²) in [5.74, 6) is 1.63. The minimum Gasteiger partial charge on any atom is -0.487 e. The molecular weight excluding hydrogens is 256 g/mol. The third-order valence-electron chi connectivity index (χ3n) is 3.43. The van der Waals surface area contributed by atoms with E-state index in [1.807, 2.05) is 18.2 Å². The molecule has 0 amide bonds. The zero-order chi connectivity index (χ0) is 13.7. The van der Waals surface area contributed by atoms with E-state index in [0.29, 0.717) is 11.3 Å².